The van der Waals surface area contributed by atoms with Gasteiger partial charge in [0.2, 0.25) is 5.12 Å². The number of benzene rings is 1. The average molecular weight is 624 g/mol. The minimum Gasteiger partial charge on any atom is -0.393 e. The van der Waals surface area contributed by atoms with Crippen molar-refractivity contribution in [1.82, 2.24) is 14.7 Å². The van der Waals surface area contributed by atoms with Gasteiger partial charge in [-0.3, -0.25) is 9.59 Å². The lowest BCUT2D eigenvalue weighted by molar-refractivity contribution is -0.196. The second-order valence-corrected chi connectivity index (χ2v) is 15.1. The van der Waals surface area contributed by atoms with Crippen molar-refractivity contribution in [1.29, 1.82) is 0 Å². The summed E-state index contributed by atoms with van der Waals surface area (Å²) in [7, 11) is 3.29. The molecule has 2 heterocycles. The molecule has 1 aromatic carbocycles. The van der Waals surface area contributed by atoms with Crippen LogP contribution in [0.4, 0.5) is 9.18 Å². The first-order valence-corrected chi connectivity index (χ1v) is 16.7. The van der Waals surface area contributed by atoms with Gasteiger partial charge in [-0.25, -0.2) is 9.07 Å². The number of ether oxygens (including phenoxy) is 2. The van der Waals surface area contributed by atoms with E-state index in [0.29, 0.717) is 31.0 Å². The average Bonchev–Trinajstić information content (AvgIpc) is 3.61. The monoisotopic (exact) mass is 623 g/mol. The van der Waals surface area contributed by atoms with Crippen molar-refractivity contribution < 1.29 is 28.6 Å². The first-order valence-electron chi connectivity index (χ1n) is 15.9. The van der Waals surface area contributed by atoms with Gasteiger partial charge in [-0.15, -0.1) is 0 Å². The molecule has 0 bridgehead atoms. The highest BCUT2D eigenvalue weighted by Crippen LogP contribution is 2.70. The summed E-state index contributed by atoms with van der Waals surface area (Å²) in [5.41, 5.74) is 2.02. The molecule has 5 aliphatic rings. The molecular weight excluding hydrogens is 581 g/mol. The maximum absolute atomic E-state index is 14.2. The van der Waals surface area contributed by atoms with Gasteiger partial charge in [0.05, 0.1) is 29.8 Å². The number of aliphatic hydroxyl groups excluding tert-OH is 1. The first kappa shape index (κ1) is 30.1. The van der Waals surface area contributed by atoms with Crippen LogP contribution in [0, 0.1) is 34.4 Å². The number of fused-ring (bicyclic) bond motifs is 8. The van der Waals surface area contributed by atoms with Crippen molar-refractivity contribution in [2.75, 3.05) is 14.1 Å². The Balaban J connectivity index is 1.23. The molecule has 236 valence electrons. The van der Waals surface area contributed by atoms with Crippen molar-refractivity contribution >= 4 is 28.2 Å². The summed E-state index contributed by atoms with van der Waals surface area (Å²) < 4.78 is 28.7. The number of nitrogens with zero attached hydrogens (tertiary/aromatic N) is 3. The van der Waals surface area contributed by atoms with E-state index in [1.54, 1.807) is 26.2 Å². The Hall–Kier alpha value is -2.53. The third-order valence-electron chi connectivity index (χ3n) is 11.7. The minimum atomic E-state index is -1.28. The molecule has 1 saturated heterocycles. The predicted octanol–water partition coefficient (Wildman–Crippen LogP) is 6.00. The van der Waals surface area contributed by atoms with Crippen LogP contribution in [0.25, 0.3) is 11.8 Å². The summed E-state index contributed by atoms with van der Waals surface area (Å²) in [5.74, 6) is -0.0155. The highest BCUT2D eigenvalue weighted by Gasteiger charge is 2.76. The Bertz CT molecular complexity index is 1530. The van der Waals surface area contributed by atoms with E-state index >= 15 is 0 Å². The molecule has 0 radical (unpaired) electrons. The summed E-state index contributed by atoms with van der Waals surface area (Å²) in [6, 6.07) is 6.38. The third kappa shape index (κ3) is 4.16. The Morgan fingerprint density at radius 3 is 2.68 bits per heavy atom. The topological polar surface area (TPSA) is 93.9 Å². The second-order valence-electron chi connectivity index (χ2n) is 14.2. The van der Waals surface area contributed by atoms with Gasteiger partial charge >= 0.3 is 0 Å². The molecule has 7 rings (SSSR count). The maximum atomic E-state index is 14.2. The molecule has 1 amide bonds. The molecule has 1 N–H and O–H groups in total. The molecule has 1 aliphatic heterocycles. The highest BCUT2D eigenvalue weighted by molar-refractivity contribution is 8.26. The van der Waals surface area contributed by atoms with Crippen molar-refractivity contribution in [3.63, 3.8) is 0 Å². The number of allylic oxidation sites excluding steroid dienone is 1. The quantitative estimate of drug-likeness (QED) is 0.447. The summed E-state index contributed by atoms with van der Waals surface area (Å²) in [6.07, 6.45) is 7.68. The molecule has 2 aromatic rings. The lowest BCUT2D eigenvalue weighted by Gasteiger charge is -2.60. The zero-order valence-corrected chi connectivity index (χ0v) is 26.9. The molecule has 9 atom stereocenters. The van der Waals surface area contributed by atoms with Crippen LogP contribution in [-0.2, 0) is 20.7 Å². The van der Waals surface area contributed by atoms with Crippen molar-refractivity contribution in [3.8, 4) is 5.69 Å². The smallest absolute Gasteiger partial charge is 0.288 e. The third-order valence-corrected chi connectivity index (χ3v) is 12.7. The molecular formula is C34H42FN3O5S. The molecule has 10 heteroatoms. The second kappa shape index (κ2) is 10.5. The summed E-state index contributed by atoms with van der Waals surface area (Å²) in [4.78, 5) is 28.4. The van der Waals surface area contributed by atoms with Crippen molar-refractivity contribution in [3.05, 3.63) is 53.1 Å². The number of hydrogen-bond donors (Lipinski definition) is 1. The molecule has 44 heavy (non-hydrogen) atoms. The van der Waals surface area contributed by atoms with E-state index in [9.17, 15) is 19.1 Å². The SMILES string of the molecule is CCCC1O[C@@H]2C[C@H]3[C@@H]4CCC5=Cc6c(cnn6-c6ccc(F)cc6)C[C@]5(C)[C@H]4[C@@H](O)C[C@]3(C)[C@]2(C(=O)SC(=O)N(C)C)O1. The van der Waals surface area contributed by atoms with E-state index in [1.807, 2.05) is 10.9 Å². The standard InChI is InChI=1S/C34H42FN3O5S/c1-6-7-28-42-27-15-24-23-13-8-20-14-25-19(18-36-38(25)22-11-9-21(35)10-12-22)16-32(20,2)29(23)26(39)17-33(24,3)34(27,43-28)30(40)44-31(41)37(4)5/h9-12,14,18,23-24,26-29,39H,6-8,13,15-17H2,1-5H3/t23-,24-,26-,27+,28?,29+,32-,33-,34-/m0/s1. The van der Waals surface area contributed by atoms with Gasteiger partial charge in [0.1, 0.15) is 5.82 Å². The summed E-state index contributed by atoms with van der Waals surface area (Å²) in [6.45, 7) is 6.45. The number of halogens is 1. The normalized spacial score (nSPS) is 38.6. The van der Waals surface area contributed by atoms with E-state index in [0.717, 1.165) is 42.6 Å². The molecule has 4 fully saturated rings. The maximum Gasteiger partial charge on any atom is 0.288 e. The lowest BCUT2D eigenvalue weighted by Crippen LogP contribution is -2.63. The Morgan fingerprint density at radius 2 is 1.98 bits per heavy atom. The van der Waals surface area contributed by atoms with Gasteiger partial charge in [0, 0.05) is 31.3 Å². The molecule has 3 saturated carbocycles. The Kier molecular flexibility index (Phi) is 7.20. The molecule has 1 aromatic heterocycles. The molecule has 1 unspecified atom stereocenters. The molecule has 8 nitrogen and oxygen atoms in total. The minimum absolute atomic E-state index is 0.00336. The van der Waals surface area contributed by atoms with Crippen molar-refractivity contribution in [2.24, 2.45) is 28.6 Å². The fraction of sp³-hybridized carbons (Fsp3) is 0.618. The van der Waals surface area contributed by atoms with E-state index in [1.165, 1.54) is 22.6 Å². The molecule has 4 aliphatic carbocycles. The Morgan fingerprint density at radius 1 is 1.23 bits per heavy atom. The number of carbonyl (C=O) groups is 2. The number of carbonyl (C=O) groups excluding carboxylic acids is 2. The number of aliphatic hydroxyl groups is 1. The van der Waals surface area contributed by atoms with E-state index in [-0.39, 0.29) is 39.3 Å². The Labute approximate surface area is 262 Å². The van der Waals surface area contributed by atoms with E-state index in [4.69, 9.17) is 9.47 Å². The number of amides is 1. The van der Waals surface area contributed by atoms with Crippen LogP contribution < -0.4 is 0 Å². The van der Waals surface area contributed by atoms with Crippen LogP contribution in [0.2, 0.25) is 0 Å². The predicted molar refractivity (Wildman–Crippen MR) is 165 cm³/mol. The van der Waals surface area contributed by atoms with E-state index in [2.05, 4.69) is 31.9 Å². The fourth-order valence-corrected chi connectivity index (χ4v) is 10.7. The van der Waals surface area contributed by atoms with Crippen LogP contribution >= 0.6 is 11.8 Å². The zero-order chi connectivity index (χ0) is 31.2. The van der Waals surface area contributed by atoms with Gasteiger partial charge in [0.25, 0.3) is 5.24 Å². The lowest BCUT2D eigenvalue weighted by atomic mass is 9.45. The van der Waals surface area contributed by atoms with Crippen LogP contribution in [0.3, 0.4) is 0 Å². The number of rotatable bonds is 4. The number of thioether (sulfide) groups is 1. The van der Waals surface area contributed by atoms with Crippen LogP contribution in [0.15, 0.2) is 36.0 Å². The van der Waals surface area contributed by atoms with Gasteiger partial charge in [-0.2, -0.15) is 5.10 Å². The fourth-order valence-electron chi connectivity index (χ4n) is 9.75. The highest BCUT2D eigenvalue weighted by atomic mass is 32.2. The largest absolute Gasteiger partial charge is 0.393 e. The summed E-state index contributed by atoms with van der Waals surface area (Å²) in [5, 5.41) is 16.2. The number of aromatic nitrogens is 2. The van der Waals surface area contributed by atoms with Crippen LogP contribution in [0.1, 0.15) is 70.6 Å². The zero-order valence-electron chi connectivity index (χ0n) is 26.1. The van der Waals surface area contributed by atoms with Gasteiger partial charge < -0.3 is 19.5 Å². The summed E-state index contributed by atoms with van der Waals surface area (Å²) >= 11 is 0.710. The van der Waals surface area contributed by atoms with E-state index < -0.39 is 29.5 Å². The molecule has 0 spiro atoms. The first-order chi connectivity index (χ1) is 20.9. The van der Waals surface area contributed by atoms with Gasteiger partial charge in [-0.05, 0) is 97.6 Å². The number of hydrogen-bond acceptors (Lipinski definition) is 7. The van der Waals surface area contributed by atoms with Gasteiger partial charge in [0.15, 0.2) is 11.9 Å². The van der Waals surface area contributed by atoms with Crippen molar-refractivity contribution in [2.45, 2.75) is 89.8 Å². The van der Waals surface area contributed by atoms with Crippen LogP contribution in [0.5, 0.6) is 0 Å². The van der Waals surface area contributed by atoms with Gasteiger partial charge in [-0.1, -0.05) is 32.8 Å². The van der Waals surface area contributed by atoms with Crippen LogP contribution in [-0.4, -0.2) is 68.3 Å².